The summed E-state index contributed by atoms with van der Waals surface area (Å²) in [4.78, 5) is 13.5. The maximum atomic E-state index is 11.0. The van der Waals surface area contributed by atoms with Crippen LogP contribution in [0.5, 0.6) is 0 Å². The normalized spacial score (nSPS) is 25.3. The van der Waals surface area contributed by atoms with Gasteiger partial charge < -0.3 is 15.4 Å². The first kappa shape index (κ1) is 15.3. The van der Waals surface area contributed by atoms with Crippen molar-refractivity contribution in [3.8, 4) is 0 Å². The van der Waals surface area contributed by atoms with Gasteiger partial charge in [0.25, 0.3) is 0 Å². The molecule has 2 rings (SSSR count). The zero-order chi connectivity index (χ0) is 13.7. The third-order valence-corrected chi connectivity index (χ3v) is 5.78. The summed E-state index contributed by atoms with van der Waals surface area (Å²) < 4.78 is 5.49. The van der Waals surface area contributed by atoms with Crippen molar-refractivity contribution in [3.05, 3.63) is 0 Å². The second kappa shape index (κ2) is 7.04. The van der Waals surface area contributed by atoms with Gasteiger partial charge in [-0.05, 0) is 50.1 Å². The number of amides is 1. The molecule has 2 saturated heterocycles. The summed E-state index contributed by atoms with van der Waals surface area (Å²) >= 11 is 3.70. The van der Waals surface area contributed by atoms with E-state index in [1.54, 1.807) is 0 Å². The Bertz CT molecular complexity index is 298. The highest BCUT2D eigenvalue weighted by Gasteiger charge is 2.34. The Morgan fingerprint density at radius 2 is 1.95 bits per heavy atom. The van der Waals surface area contributed by atoms with Crippen molar-refractivity contribution >= 4 is 21.8 Å². The number of carbonyl (C=O) groups is 1. The largest absolute Gasteiger partial charge is 0.381 e. The van der Waals surface area contributed by atoms with E-state index >= 15 is 0 Å². The average Bonchev–Trinajstić information content (AvgIpc) is 2.41. The molecule has 0 radical (unpaired) electrons. The van der Waals surface area contributed by atoms with Gasteiger partial charge in [0.05, 0.1) is 0 Å². The summed E-state index contributed by atoms with van der Waals surface area (Å²) in [5, 5.41) is 1.06. The Hall–Kier alpha value is -0.130. The fraction of sp³-hybridized carbons (Fsp3) is 0.929. The Labute approximate surface area is 124 Å². The van der Waals surface area contributed by atoms with Crippen LogP contribution in [0.2, 0.25) is 0 Å². The molecule has 0 aromatic rings. The van der Waals surface area contributed by atoms with Gasteiger partial charge in [-0.3, -0.25) is 4.79 Å². The van der Waals surface area contributed by atoms with E-state index in [0.29, 0.717) is 17.8 Å². The minimum Gasteiger partial charge on any atom is -0.381 e. The van der Waals surface area contributed by atoms with E-state index in [4.69, 9.17) is 10.5 Å². The van der Waals surface area contributed by atoms with E-state index in [1.807, 2.05) is 0 Å². The third-order valence-electron chi connectivity index (χ3n) is 4.59. The first-order valence-corrected chi connectivity index (χ1v) is 8.40. The number of rotatable bonds is 5. The van der Waals surface area contributed by atoms with Gasteiger partial charge in [-0.25, -0.2) is 0 Å². The molecule has 0 aliphatic carbocycles. The fourth-order valence-corrected chi connectivity index (χ4v) is 3.98. The molecule has 0 saturated carbocycles. The number of hydrogen-bond donors (Lipinski definition) is 1. The molecule has 110 valence electrons. The number of nitrogens with zero attached hydrogens (tertiary/aromatic N) is 1. The molecule has 2 N–H and O–H groups in total. The molecule has 2 heterocycles. The summed E-state index contributed by atoms with van der Waals surface area (Å²) in [6.07, 6.45) is 5.08. The molecule has 19 heavy (non-hydrogen) atoms. The van der Waals surface area contributed by atoms with Crippen molar-refractivity contribution in [3.63, 3.8) is 0 Å². The standard InChI is InChI=1S/C14H25BrN2O2/c15-10-14(3-7-19-8-4-14)11-17-5-1-12(2-6-17)9-13(16)18/h12H,1-11H2,(H2,16,18). The number of carbonyl (C=O) groups excluding carboxylic acids is 1. The van der Waals surface area contributed by atoms with Gasteiger partial charge in [-0.1, -0.05) is 15.9 Å². The Balaban J connectivity index is 1.79. The molecule has 2 fully saturated rings. The maximum Gasteiger partial charge on any atom is 0.217 e. The summed E-state index contributed by atoms with van der Waals surface area (Å²) in [5.41, 5.74) is 5.66. The molecule has 2 aliphatic heterocycles. The second-order valence-electron chi connectivity index (χ2n) is 6.14. The monoisotopic (exact) mass is 332 g/mol. The van der Waals surface area contributed by atoms with Crippen molar-refractivity contribution in [1.29, 1.82) is 0 Å². The quantitative estimate of drug-likeness (QED) is 0.780. The Morgan fingerprint density at radius 3 is 2.47 bits per heavy atom. The first-order chi connectivity index (χ1) is 9.13. The molecule has 0 unspecified atom stereocenters. The minimum absolute atomic E-state index is 0.153. The van der Waals surface area contributed by atoms with E-state index in [-0.39, 0.29) is 5.91 Å². The molecule has 0 atom stereocenters. The summed E-state index contributed by atoms with van der Waals surface area (Å²) in [7, 11) is 0. The van der Waals surface area contributed by atoms with Crippen LogP contribution in [0, 0.1) is 11.3 Å². The van der Waals surface area contributed by atoms with Crippen LogP contribution in [0.1, 0.15) is 32.1 Å². The molecule has 0 aromatic carbocycles. The predicted octanol–water partition coefficient (Wildman–Crippen LogP) is 1.77. The van der Waals surface area contributed by atoms with Gasteiger partial charge in [0, 0.05) is 31.5 Å². The lowest BCUT2D eigenvalue weighted by Crippen LogP contribution is -2.45. The number of piperidine rings is 1. The molecular formula is C14H25BrN2O2. The number of ether oxygens (including phenoxy) is 1. The van der Waals surface area contributed by atoms with Crippen LogP contribution >= 0.6 is 15.9 Å². The average molecular weight is 333 g/mol. The van der Waals surface area contributed by atoms with Crippen LogP contribution in [0.15, 0.2) is 0 Å². The highest BCUT2D eigenvalue weighted by atomic mass is 79.9. The third kappa shape index (κ3) is 4.43. The molecule has 0 bridgehead atoms. The first-order valence-electron chi connectivity index (χ1n) is 7.28. The molecule has 2 aliphatic rings. The lowest BCUT2D eigenvalue weighted by Gasteiger charge is -2.42. The van der Waals surface area contributed by atoms with Crippen molar-refractivity contribution < 1.29 is 9.53 Å². The van der Waals surface area contributed by atoms with E-state index in [0.717, 1.165) is 63.9 Å². The zero-order valence-electron chi connectivity index (χ0n) is 11.6. The van der Waals surface area contributed by atoms with Crippen molar-refractivity contribution in [2.24, 2.45) is 17.1 Å². The van der Waals surface area contributed by atoms with E-state index < -0.39 is 0 Å². The van der Waals surface area contributed by atoms with Crippen LogP contribution in [-0.2, 0) is 9.53 Å². The molecule has 0 spiro atoms. The Kier molecular flexibility index (Phi) is 5.66. The van der Waals surface area contributed by atoms with Gasteiger partial charge in [0.2, 0.25) is 5.91 Å². The van der Waals surface area contributed by atoms with E-state index in [9.17, 15) is 4.79 Å². The molecule has 0 aromatic heterocycles. The lowest BCUT2D eigenvalue weighted by atomic mass is 9.81. The molecule has 4 nitrogen and oxygen atoms in total. The van der Waals surface area contributed by atoms with Crippen molar-refractivity contribution in [1.82, 2.24) is 4.90 Å². The van der Waals surface area contributed by atoms with Gasteiger partial charge in [-0.2, -0.15) is 0 Å². The number of likely N-dealkylation sites (tertiary alicyclic amines) is 1. The van der Waals surface area contributed by atoms with Gasteiger partial charge >= 0.3 is 0 Å². The number of alkyl halides is 1. The molecule has 5 heteroatoms. The summed E-state index contributed by atoms with van der Waals surface area (Å²) in [6.45, 7) is 5.15. The Morgan fingerprint density at radius 1 is 1.32 bits per heavy atom. The summed E-state index contributed by atoms with van der Waals surface area (Å²) in [6, 6.07) is 0. The van der Waals surface area contributed by atoms with Crippen molar-refractivity contribution in [2.75, 3.05) is 38.2 Å². The predicted molar refractivity (Wildman–Crippen MR) is 79.3 cm³/mol. The van der Waals surface area contributed by atoms with Gasteiger partial charge in [0.1, 0.15) is 0 Å². The van der Waals surface area contributed by atoms with E-state index in [2.05, 4.69) is 20.8 Å². The fourth-order valence-electron chi connectivity index (χ4n) is 3.25. The molecule has 1 amide bonds. The van der Waals surface area contributed by atoms with Crippen LogP contribution < -0.4 is 5.73 Å². The highest BCUT2D eigenvalue weighted by Crippen LogP contribution is 2.34. The topological polar surface area (TPSA) is 55.6 Å². The smallest absolute Gasteiger partial charge is 0.217 e. The van der Waals surface area contributed by atoms with Crippen LogP contribution in [0.3, 0.4) is 0 Å². The SMILES string of the molecule is NC(=O)CC1CCN(CC2(CBr)CCOCC2)CC1. The highest BCUT2D eigenvalue weighted by molar-refractivity contribution is 9.09. The van der Waals surface area contributed by atoms with Gasteiger partial charge in [0.15, 0.2) is 0 Å². The number of hydrogen-bond acceptors (Lipinski definition) is 3. The number of nitrogens with two attached hydrogens (primary N) is 1. The van der Waals surface area contributed by atoms with Gasteiger partial charge in [-0.15, -0.1) is 0 Å². The minimum atomic E-state index is -0.153. The van der Waals surface area contributed by atoms with Crippen LogP contribution in [0.4, 0.5) is 0 Å². The van der Waals surface area contributed by atoms with E-state index in [1.165, 1.54) is 0 Å². The maximum absolute atomic E-state index is 11.0. The molecular weight excluding hydrogens is 308 g/mol. The second-order valence-corrected chi connectivity index (χ2v) is 6.70. The summed E-state index contributed by atoms with van der Waals surface area (Å²) in [5.74, 6) is 0.350. The number of primary amides is 1. The lowest BCUT2D eigenvalue weighted by molar-refractivity contribution is -0.119. The van der Waals surface area contributed by atoms with Crippen molar-refractivity contribution in [2.45, 2.75) is 32.1 Å². The van der Waals surface area contributed by atoms with Crippen LogP contribution in [0.25, 0.3) is 0 Å². The van der Waals surface area contributed by atoms with Crippen LogP contribution in [-0.4, -0.2) is 49.0 Å². The number of halogens is 1. The zero-order valence-corrected chi connectivity index (χ0v) is 13.2.